The predicted octanol–water partition coefficient (Wildman–Crippen LogP) is 5.14. The van der Waals surface area contributed by atoms with E-state index in [1.165, 1.54) is 54.5 Å². The summed E-state index contributed by atoms with van der Waals surface area (Å²) in [5.41, 5.74) is 2.84. The molecule has 0 bridgehead atoms. The Morgan fingerprint density at radius 3 is 2.90 bits per heavy atom. The number of nitrogens with one attached hydrogen (secondary N) is 1. The minimum absolute atomic E-state index is 0.411. The summed E-state index contributed by atoms with van der Waals surface area (Å²) in [5, 5.41) is 3.63. The monoisotopic (exact) mass is 352 g/mol. The third kappa shape index (κ3) is 4.72. The predicted molar refractivity (Wildman–Crippen MR) is 96.1 cm³/mol. The number of halogens is 1. The summed E-state index contributed by atoms with van der Waals surface area (Å²) in [5.74, 6) is 0.862. The molecule has 118 valence electrons. The van der Waals surface area contributed by atoms with Crippen LogP contribution in [0.15, 0.2) is 22.7 Å². The maximum atomic E-state index is 3.65. The molecule has 2 atom stereocenters. The number of benzene rings is 1. The largest absolute Gasteiger partial charge is 0.371 e. The average molecular weight is 353 g/mol. The van der Waals surface area contributed by atoms with Gasteiger partial charge in [0.1, 0.15) is 0 Å². The number of hydrogen-bond acceptors (Lipinski definition) is 2. The van der Waals surface area contributed by atoms with Crippen molar-refractivity contribution in [1.29, 1.82) is 0 Å². The lowest BCUT2D eigenvalue weighted by molar-refractivity contribution is 0.521. The van der Waals surface area contributed by atoms with Crippen LogP contribution in [0.25, 0.3) is 0 Å². The highest BCUT2D eigenvalue weighted by molar-refractivity contribution is 9.10. The van der Waals surface area contributed by atoms with E-state index in [-0.39, 0.29) is 0 Å². The molecule has 21 heavy (non-hydrogen) atoms. The summed E-state index contributed by atoms with van der Waals surface area (Å²) >= 11 is 3.65. The molecule has 3 heteroatoms. The first-order chi connectivity index (χ1) is 10.1. The van der Waals surface area contributed by atoms with Crippen LogP contribution in [0, 0.1) is 5.92 Å². The molecule has 1 fully saturated rings. The summed E-state index contributed by atoms with van der Waals surface area (Å²) in [6.45, 7) is 10.3. The van der Waals surface area contributed by atoms with Crippen molar-refractivity contribution in [3.63, 3.8) is 0 Å². The van der Waals surface area contributed by atoms with Gasteiger partial charge < -0.3 is 10.2 Å². The van der Waals surface area contributed by atoms with Gasteiger partial charge in [-0.1, -0.05) is 35.8 Å². The SMILES string of the molecule is CCCNC(C)c1ccc(Br)cc1N1CCCC(C)CC1. The molecule has 2 rings (SSSR count). The third-order valence-corrected chi connectivity index (χ3v) is 5.01. The standard InChI is InChI=1S/C18H29BrN2/c1-4-10-20-15(3)17-8-7-16(19)13-18(17)21-11-5-6-14(2)9-12-21/h7-8,13-15,20H,4-6,9-12H2,1-3H3. The lowest BCUT2D eigenvalue weighted by atomic mass is 10.0. The van der Waals surface area contributed by atoms with Crippen molar-refractivity contribution in [1.82, 2.24) is 5.32 Å². The van der Waals surface area contributed by atoms with Crippen molar-refractivity contribution in [2.24, 2.45) is 5.92 Å². The molecule has 1 aromatic rings. The van der Waals surface area contributed by atoms with Gasteiger partial charge in [-0.2, -0.15) is 0 Å². The zero-order valence-corrected chi connectivity index (χ0v) is 15.2. The zero-order valence-electron chi connectivity index (χ0n) is 13.7. The second kappa shape index (κ2) is 8.19. The van der Waals surface area contributed by atoms with Gasteiger partial charge in [0.05, 0.1) is 0 Å². The molecule has 1 N–H and O–H groups in total. The number of anilines is 1. The van der Waals surface area contributed by atoms with Gasteiger partial charge in [-0.05, 0) is 62.8 Å². The highest BCUT2D eigenvalue weighted by Gasteiger charge is 2.19. The molecular weight excluding hydrogens is 324 g/mol. The smallest absolute Gasteiger partial charge is 0.0425 e. The van der Waals surface area contributed by atoms with E-state index >= 15 is 0 Å². The number of hydrogen-bond donors (Lipinski definition) is 1. The molecule has 0 saturated carbocycles. The molecule has 0 amide bonds. The van der Waals surface area contributed by atoms with Crippen molar-refractivity contribution in [3.05, 3.63) is 28.2 Å². The van der Waals surface area contributed by atoms with Crippen LogP contribution in [0.5, 0.6) is 0 Å². The zero-order chi connectivity index (χ0) is 15.2. The van der Waals surface area contributed by atoms with Crippen LogP contribution >= 0.6 is 15.9 Å². The minimum atomic E-state index is 0.411. The molecule has 2 unspecified atom stereocenters. The molecule has 0 aromatic heterocycles. The van der Waals surface area contributed by atoms with Gasteiger partial charge in [-0.15, -0.1) is 0 Å². The van der Waals surface area contributed by atoms with Crippen molar-refractivity contribution >= 4 is 21.6 Å². The van der Waals surface area contributed by atoms with E-state index in [9.17, 15) is 0 Å². The molecule has 0 spiro atoms. The Kier molecular flexibility index (Phi) is 6.56. The fraction of sp³-hybridized carbons (Fsp3) is 0.667. The molecule has 1 aliphatic rings. The van der Waals surface area contributed by atoms with Crippen LogP contribution in [-0.2, 0) is 0 Å². The van der Waals surface area contributed by atoms with Crippen LogP contribution in [0.4, 0.5) is 5.69 Å². The minimum Gasteiger partial charge on any atom is -0.371 e. The topological polar surface area (TPSA) is 15.3 Å². The lowest BCUT2D eigenvalue weighted by Crippen LogP contribution is -2.28. The van der Waals surface area contributed by atoms with Gasteiger partial charge in [-0.25, -0.2) is 0 Å². The number of nitrogens with zero attached hydrogens (tertiary/aromatic N) is 1. The summed E-state index contributed by atoms with van der Waals surface area (Å²) in [4.78, 5) is 2.59. The van der Waals surface area contributed by atoms with Crippen LogP contribution in [0.3, 0.4) is 0 Å². The number of rotatable bonds is 5. The summed E-state index contributed by atoms with van der Waals surface area (Å²) in [6.07, 6.45) is 5.16. The molecule has 1 saturated heterocycles. The molecular formula is C18H29BrN2. The van der Waals surface area contributed by atoms with E-state index in [4.69, 9.17) is 0 Å². The van der Waals surface area contributed by atoms with Crippen molar-refractivity contribution in [3.8, 4) is 0 Å². The molecule has 1 heterocycles. The average Bonchev–Trinajstić information content (AvgIpc) is 2.69. The fourth-order valence-corrected chi connectivity index (χ4v) is 3.48. The van der Waals surface area contributed by atoms with E-state index in [1.54, 1.807) is 0 Å². The van der Waals surface area contributed by atoms with Gasteiger partial charge in [-0.3, -0.25) is 0 Å². The van der Waals surface area contributed by atoms with Crippen molar-refractivity contribution in [2.45, 2.75) is 52.5 Å². The van der Waals surface area contributed by atoms with E-state index in [2.05, 4.69) is 65.1 Å². The summed E-state index contributed by atoms with van der Waals surface area (Å²) in [7, 11) is 0. The third-order valence-electron chi connectivity index (χ3n) is 4.52. The summed E-state index contributed by atoms with van der Waals surface area (Å²) < 4.78 is 1.18. The van der Waals surface area contributed by atoms with Crippen LogP contribution in [0.2, 0.25) is 0 Å². The molecule has 2 nitrogen and oxygen atoms in total. The highest BCUT2D eigenvalue weighted by Crippen LogP contribution is 2.32. The second-order valence-electron chi connectivity index (χ2n) is 6.40. The Morgan fingerprint density at radius 2 is 2.14 bits per heavy atom. The normalized spacial score (nSPS) is 21.1. The van der Waals surface area contributed by atoms with Gasteiger partial charge in [0.25, 0.3) is 0 Å². The lowest BCUT2D eigenvalue weighted by Gasteiger charge is -2.28. The first-order valence-electron chi connectivity index (χ1n) is 8.39. The summed E-state index contributed by atoms with van der Waals surface area (Å²) in [6, 6.07) is 7.16. The molecule has 1 aromatic carbocycles. The van der Waals surface area contributed by atoms with Gasteiger partial charge >= 0.3 is 0 Å². The molecule has 0 radical (unpaired) electrons. The van der Waals surface area contributed by atoms with Crippen molar-refractivity contribution in [2.75, 3.05) is 24.5 Å². The van der Waals surface area contributed by atoms with Crippen LogP contribution in [-0.4, -0.2) is 19.6 Å². The maximum absolute atomic E-state index is 3.65. The van der Waals surface area contributed by atoms with Crippen LogP contribution < -0.4 is 10.2 Å². The first kappa shape index (κ1) is 16.8. The Hall–Kier alpha value is -0.540. The highest BCUT2D eigenvalue weighted by atomic mass is 79.9. The van der Waals surface area contributed by atoms with Gasteiger partial charge in [0, 0.05) is 29.3 Å². The van der Waals surface area contributed by atoms with E-state index in [1.807, 2.05) is 0 Å². The molecule has 1 aliphatic heterocycles. The van der Waals surface area contributed by atoms with Crippen molar-refractivity contribution < 1.29 is 0 Å². The van der Waals surface area contributed by atoms with Crippen LogP contribution in [0.1, 0.15) is 58.1 Å². The van der Waals surface area contributed by atoms with E-state index in [0.717, 1.165) is 12.5 Å². The Morgan fingerprint density at radius 1 is 1.33 bits per heavy atom. The Balaban J connectivity index is 2.21. The fourth-order valence-electron chi connectivity index (χ4n) is 3.13. The Bertz CT molecular complexity index is 447. The quantitative estimate of drug-likeness (QED) is 0.789. The second-order valence-corrected chi connectivity index (χ2v) is 7.32. The Labute approximate surface area is 138 Å². The van der Waals surface area contributed by atoms with Gasteiger partial charge in [0.2, 0.25) is 0 Å². The van der Waals surface area contributed by atoms with E-state index < -0.39 is 0 Å². The molecule has 0 aliphatic carbocycles. The first-order valence-corrected chi connectivity index (χ1v) is 9.19. The van der Waals surface area contributed by atoms with Gasteiger partial charge in [0.15, 0.2) is 0 Å². The maximum Gasteiger partial charge on any atom is 0.0425 e. The van der Waals surface area contributed by atoms with E-state index in [0.29, 0.717) is 6.04 Å².